The molecule has 27 heavy (non-hydrogen) atoms. The van der Waals surface area contributed by atoms with Gasteiger partial charge in [0.1, 0.15) is 11.5 Å². The normalized spacial score (nSPS) is 10.3. The Kier molecular flexibility index (Phi) is 5.56. The lowest BCUT2D eigenvalue weighted by molar-refractivity contribution is -0.119. The Hall–Kier alpha value is -3.54. The lowest BCUT2D eigenvalue weighted by Crippen LogP contribution is -2.21. The second-order valence-electron chi connectivity index (χ2n) is 5.72. The molecule has 0 aliphatic carbocycles. The van der Waals surface area contributed by atoms with E-state index in [0.717, 1.165) is 5.39 Å². The van der Waals surface area contributed by atoms with Crippen molar-refractivity contribution in [2.24, 2.45) is 0 Å². The monoisotopic (exact) mass is 365 g/mol. The van der Waals surface area contributed by atoms with Gasteiger partial charge in [0.15, 0.2) is 6.61 Å². The van der Waals surface area contributed by atoms with Crippen LogP contribution in [0.2, 0.25) is 0 Å². The fourth-order valence-electron chi connectivity index (χ4n) is 2.73. The SMILES string of the molecule is COc1cccc(NC(=O)COC(=O)c2ccc(OC)c3ccccc23)c1. The number of nitrogens with one attached hydrogen (secondary N) is 1. The van der Waals surface area contributed by atoms with Crippen LogP contribution < -0.4 is 14.8 Å². The number of hydrogen-bond donors (Lipinski definition) is 1. The molecule has 0 unspecified atom stereocenters. The zero-order valence-corrected chi connectivity index (χ0v) is 15.0. The highest BCUT2D eigenvalue weighted by Gasteiger charge is 2.15. The Balaban J connectivity index is 1.69. The van der Waals surface area contributed by atoms with Crippen molar-refractivity contribution in [3.05, 3.63) is 66.2 Å². The van der Waals surface area contributed by atoms with Crippen molar-refractivity contribution in [1.82, 2.24) is 0 Å². The summed E-state index contributed by atoms with van der Waals surface area (Å²) in [4.78, 5) is 24.5. The summed E-state index contributed by atoms with van der Waals surface area (Å²) in [6.45, 7) is -0.392. The van der Waals surface area contributed by atoms with E-state index in [9.17, 15) is 9.59 Å². The second-order valence-corrected chi connectivity index (χ2v) is 5.72. The minimum atomic E-state index is -0.574. The Morgan fingerprint density at radius 1 is 0.889 bits per heavy atom. The average molecular weight is 365 g/mol. The van der Waals surface area contributed by atoms with Crippen LogP contribution in [0.1, 0.15) is 10.4 Å². The number of amides is 1. The minimum Gasteiger partial charge on any atom is -0.497 e. The number of benzene rings is 3. The third kappa shape index (κ3) is 4.17. The fraction of sp³-hybridized carbons (Fsp3) is 0.143. The number of carbonyl (C=O) groups is 2. The van der Waals surface area contributed by atoms with E-state index in [0.29, 0.717) is 28.1 Å². The Morgan fingerprint density at radius 3 is 2.41 bits per heavy atom. The van der Waals surface area contributed by atoms with E-state index in [1.54, 1.807) is 50.6 Å². The molecule has 6 nitrogen and oxygen atoms in total. The Bertz CT molecular complexity index is 983. The van der Waals surface area contributed by atoms with Crippen LogP contribution in [-0.4, -0.2) is 32.7 Å². The molecule has 0 spiro atoms. The van der Waals surface area contributed by atoms with Crippen LogP contribution in [0.15, 0.2) is 60.7 Å². The molecule has 0 aliphatic rings. The standard InChI is InChI=1S/C21H19NO5/c1-25-15-7-5-6-14(12-15)22-20(23)13-27-21(24)18-10-11-19(26-2)17-9-4-3-8-16(17)18/h3-12H,13H2,1-2H3,(H,22,23). The van der Waals surface area contributed by atoms with Gasteiger partial charge in [0.2, 0.25) is 0 Å². The van der Waals surface area contributed by atoms with E-state index >= 15 is 0 Å². The number of hydrogen-bond acceptors (Lipinski definition) is 5. The first-order valence-electron chi connectivity index (χ1n) is 8.29. The van der Waals surface area contributed by atoms with Crippen molar-refractivity contribution in [2.75, 3.05) is 26.1 Å². The van der Waals surface area contributed by atoms with Gasteiger partial charge in [-0.05, 0) is 29.7 Å². The van der Waals surface area contributed by atoms with Gasteiger partial charge in [0.05, 0.1) is 19.8 Å². The summed E-state index contributed by atoms with van der Waals surface area (Å²) < 4.78 is 15.6. The maximum Gasteiger partial charge on any atom is 0.339 e. The molecule has 0 aliphatic heterocycles. The molecule has 0 saturated carbocycles. The largest absolute Gasteiger partial charge is 0.497 e. The first-order chi connectivity index (χ1) is 13.1. The van der Waals surface area contributed by atoms with Gasteiger partial charge in [-0.1, -0.05) is 30.3 Å². The molecule has 3 rings (SSSR count). The lowest BCUT2D eigenvalue weighted by atomic mass is 10.0. The third-order valence-corrected chi connectivity index (χ3v) is 4.01. The van der Waals surface area contributed by atoms with E-state index in [2.05, 4.69) is 5.32 Å². The van der Waals surface area contributed by atoms with E-state index in [1.165, 1.54) is 0 Å². The first-order valence-corrected chi connectivity index (χ1v) is 8.29. The summed E-state index contributed by atoms with van der Waals surface area (Å²) in [6.07, 6.45) is 0. The molecule has 0 aromatic heterocycles. The van der Waals surface area contributed by atoms with Gasteiger partial charge in [0.25, 0.3) is 5.91 Å². The summed E-state index contributed by atoms with van der Waals surface area (Å²) in [5.74, 6) is 0.275. The molecule has 1 N–H and O–H groups in total. The molecule has 0 bridgehead atoms. The molecular weight excluding hydrogens is 346 g/mol. The van der Waals surface area contributed by atoms with Crippen molar-refractivity contribution in [2.45, 2.75) is 0 Å². The molecule has 0 fully saturated rings. The molecule has 3 aromatic rings. The topological polar surface area (TPSA) is 73.9 Å². The molecular formula is C21H19NO5. The lowest BCUT2D eigenvalue weighted by Gasteiger charge is -2.11. The zero-order valence-electron chi connectivity index (χ0n) is 15.0. The van der Waals surface area contributed by atoms with E-state index in [4.69, 9.17) is 14.2 Å². The summed E-state index contributed by atoms with van der Waals surface area (Å²) in [5.41, 5.74) is 0.936. The van der Waals surface area contributed by atoms with Crippen molar-refractivity contribution < 1.29 is 23.8 Å². The molecule has 0 saturated heterocycles. The van der Waals surface area contributed by atoms with E-state index in [-0.39, 0.29) is 0 Å². The Morgan fingerprint density at radius 2 is 1.67 bits per heavy atom. The number of ether oxygens (including phenoxy) is 3. The quantitative estimate of drug-likeness (QED) is 0.675. The highest BCUT2D eigenvalue weighted by atomic mass is 16.5. The van der Waals surface area contributed by atoms with Gasteiger partial charge >= 0.3 is 5.97 Å². The third-order valence-electron chi connectivity index (χ3n) is 4.01. The molecule has 3 aromatic carbocycles. The number of anilines is 1. The van der Waals surface area contributed by atoms with Gasteiger partial charge < -0.3 is 19.5 Å². The fourth-order valence-corrected chi connectivity index (χ4v) is 2.73. The van der Waals surface area contributed by atoms with Gasteiger partial charge in [-0.3, -0.25) is 4.79 Å². The maximum absolute atomic E-state index is 12.5. The molecule has 0 heterocycles. The first kappa shape index (κ1) is 18.3. The molecule has 6 heteroatoms. The smallest absolute Gasteiger partial charge is 0.339 e. The number of fused-ring (bicyclic) bond motifs is 1. The number of rotatable bonds is 6. The van der Waals surface area contributed by atoms with Crippen molar-refractivity contribution in [1.29, 1.82) is 0 Å². The number of esters is 1. The van der Waals surface area contributed by atoms with E-state index in [1.807, 2.05) is 24.3 Å². The predicted octanol–water partition coefficient (Wildman–Crippen LogP) is 3.65. The van der Waals surface area contributed by atoms with Gasteiger partial charge in [0, 0.05) is 17.1 Å². The van der Waals surface area contributed by atoms with Crippen LogP contribution in [0.3, 0.4) is 0 Å². The van der Waals surface area contributed by atoms with Crippen molar-refractivity contribution in [3.63, 3.8) is 0 Å². The minimum absolute atomic E-state index is 0.376. The highest BCUT2D eigenvalue weighted by molar-refractivity contribution is 6.07. The summed E-state index contributed by atoms with van der Waals surface area (Å²) in [7, 11) is 3.12. The van der Waals surface area contributed by atoms with Gasteiger partial charge in [-0.2, -0.15) is 0 Å². The maximum atomic E-state index is 12.5. The van der Waals surface area contributed by atoms with Crippen LogP contribution in [0.4, 0.5) is 5.69 Å². The molecule has 0 radical (unpaired) electrons. The van der Waals surface area contributed by atoms with Crippen molar-refractivity contribution in [3.8, 4) is 11.5 Å². The summed E-state index contributed by atoms with van der Waals surface area (Å²) in [6, 6.07) is 17.6. The average Bonchev–Trinajstić information content (AvgIpc) is 2.71. The Labute approximate surface area is 156 Å². The van der Waals surface area contributed by atoms with Crippen LogP contribution in [0.25, 0.3) is 10.8 Å². The molecule has 1 amide bonds. The van der Waals surface area contributed by atoms with Gasteiger partial charge in [-0.25, -0.2) is 4.79 Å². The van der Waals surface area contributed by atoms with Crippen LogP contribution in [0.5, 0.6) is 11.5 Å². The number of carbonyl (C=O) groups excluding carboxylic acids is 2. The highest BCUT2D eigenvalue weighted by Crippen LogP contribution is 2.28. The van der Waals surface area contributed by atoms with Crippen LogP contribution in [0, 0.1) is 0 Å². The van der Waals surface area contributed by atoms with Crippen molar-refractivity contribution >= 4 is 28.3 Å². The zero-order chi connectivity index (χ0) is 19.2. The summed E-state index contributed by atoms with van der Waals surface area (Å²) in [5, 5.41) is 4.17. The second kappa shape index (κ2) is 8.23. The summed E-state index contributed by atoms with van der Waals surface area (Å²) >= 11 is 0. The molecule has 138 valence electrons. The molecule has 0 atom stereocenters. The predicted molar refractivity (Wildman–Crippen MR) is 102 cm³/mol. The van der Waals surface area contributed by atoms with E-state index < -0.39 is 18.5 Å². The van der Waals surface area contributed by atoms with Crippen LogP contribution in [-0.2, 0) is 9.53 Å². The van der Waals surface area contributed by atoms with Gasteiger partial charge in [-0.15, -0.1) is 0 Å². The van der Waals surface area contributed by atoms with Crippen LogP contribution >= 0.6 is 0 Å². The number of methoxy groups -OCH3 is 2.